The second kappa shape index (κ2) is 3.53. The van der Waals surface area contributed by atoms with Crippen molar-refractivity contribution in [2.24, 2.45) is 0 Å². The summed E-state index contributed by atoms with van der Waals surface area (Å²) in [6.07, 6.45) is 3.46. The largest absolute Gasteiger partial charge is 0.282 e. The van der Waals surface area contributed by atoms with Crippen LogP contribution in [0, 0.1) is 6.92 Å². The van der Waals surface area contributed by atoms with Crippen LogP contribution in [0.15, 0.2) is 18.3 Å². The predicted molar refractivity (Wildman–Crippen MR) is 46.8 cm³/mol. The van der Waals surface area contributed by atoms with Gasteiger partial charge in [-0.25, -0.2) is 0 Å². The molecule has 0 saturated carbocycles. The molecule has 1 rings (SSSR count). The van der Waals surface area contributed by atoms with Gasteiger partial charge in [-0.3, -0.25) is 9.78 Å². The van der Waals surface area contributed by atoms with Gasteiger partial charge in [0.1, 0.15) is 0 Å². The van der Waals surface area contributed by atoms with Gasteiger partial charge in [-0.1, -0.05) is 11.8 Å². The van der Waals surface area contributed by atoms with Crippen molar-refractivity contribution in [3.8, 4) is 0 Å². The lowest BCUT2D eigenvalue weighted by Crippen LogP contribution is -1.97. The highest BCUT2D eigenvalue weighted by Gasteiger charge is 2.05. The first kappa shape index (κ1) is 8.27. The van der Waals surface area contributed by atoms with Gasteiger partial charge >= 0.3 is 0 Å². The first-order chi connectivity index (χ1) is 5.25. The summed E-state index contributed by atoms with van der Waals surface area (Å²) in [5, 5.41) is 0.0793. The number of hydrogen-bond acceptors (Lipinski definition) is 3. The fourth-order valence-electron chi connectivity index (χ4n) is 0.810. The van der Waals surface area contributed by atoms with E-state index in [1.807, 2.05) is 6.92 Å². The van der Waals surface area contributed by atoms with Crippen molar-refractivity contribution in [2.45, 2.75) is 6.92 Å². The van der Waals surface area contributed by atoms with Crippen LogP contribution in [0.5, 0.6) is 0 Å². The Bertz CT molecular complexity index is 273. The Hall–Kier alpha value is -0.830. The molecule has 0 radical (unpaired) electrons. The number of aryl methyl sites for hydroxylation is 1. The van der Waals surface area contributed by atoms with E-state index in [9.17, 15) is 4.79 Å². The predicted octanol–water partition coefficient (Wildman–Crippen LogP) is 1.89. The smallest absolute Gasteiger partial charge is 0.220 e. The normalized spacial score (nSPS) is 9.64. The van der Waals surface area contributed by atoms with Gasteiger partial charge in [-0.2, -0.15) is 0 Å². The molecule has 1 aromatic rings. The molecule has 1 aromatic heterocycles. The number of pyridine rings is 1. The van der Waals surface area contributed by atoms with Crippen LogP contribution in [0.4, 0.5) is 0 Å². The molecule has 0 aromatic carbocycles. The average molecular weight is 167 g/mol. The Balaban J connectivity index is 3.03. The molecule has 11 heavy (non-hydrogen) atoms. The average Bonchev–Trinajstić information content (AvgIpc) is 2.04. The number of thioether (sulfide) groups is 1. The van der Waals surface area contributed by atoms with Gasteiger partial charge in [0.15, 0.2) is 0 Å². The van der Waals surface area contributed by atoms with E-state index in [1.165, 1.54) is 11.8 Å². The van der Waals surface area contributed by atoms with Crippen LogP contribution in [-0.4, -0.2) is 16.4 Å². The van der Waals surface area contributed by atoms with Crippen molar-refractivity contribution in [3.63, 3.8) is 0 Å². The summed E-state index contributed by atoms with van der Waals surface area (Å²) in [7, 11) is 0. The SMILES string of the molecule is CSC(=O)c1cccnc1C. The number of nitrogens with zero attached hydrogens (tertiary/aromatic N) is 1. The summed E-state index contributed by atoms with van der Waals surface area (Å²) in [6, 6.07) is 3.57. The molecule has 0 aliphatic rings. The molecule has 1 heterocycles. The van der Waals surface area contributed by atoms with Crippen LogP contribution in [0.25, 0.3) is 0 Å². The molecule has 3 heteroatoms. The highest BCUT2D eigenvalue weighted by molar-refractivity contribution is 8.13. The van der Waals surface area contributed by atoms with Crippen LogP contribution in [0.3, 0.4) is 0 Å². The number of aromatic nitrogens is 1. The fraction of sp³-hybridized carbons (Fsp3) is 0.250. The molecule has 0 N–H and O–H groups in total. The van der Waals surface area contributed by atoms with E-state index in [1.54, 1.807) is 24.6 Å². The molecule has 0 atom stereocenters. The summed E-state index contributed by atoms with van der Waals surface area (Å²) in [5.41, 5.74) is 1.51. The molecule has 58 valence electrons. The van der Waals surface area contributed by atoms with E-state index in [-0.39, 0.29) is 5.12 Å². The Morgan fingerprint density at radius 2 is 2.36 bits per heavy atom. The molecular formula is C8H9NOS. The summed E-state index contributed by atoms with van der Waals surface area (Å²) >= 11 is 1.21. The van der Waals surface area contributed by atoms with Crippen LogP contribution in [0.2, 0.25) is 0 Å². The molecule has 0 aliphatic heterocycles. The topological polar surface area (TPSA) is 30.0 Å². The quantitative estimate of drug-likeness (QED) is 0.639. The molecule has 0 saturated heterocycles. The zero-order valence-electron chi connectivity index (χ0n) is 6.50. The van der Waals surface area contributed by atoms with Crippen LogP contribution >= 0.6 is 11.8 Å². The van der Waals surface area contributed by atoms with Crippen molar-refractivity contribution in [2.75, 3.05) is 6.26 Å². The first-order valence-electron chi connectivity index (χ1n) is 3.25. The monoisotopic (exact) mass is 167 g/mol. The number of carbonyl (C=O) groups excluding carboxylic acids is 1. The zero-order chi connectivity index (χ0) is 8.27. The minimum Gasteiger partial charge on any atom is -0.282 e. The summed E-state index contributed by atoms with van der Waals surface area (Å²) in [5.74, 6) is 0. The van der Waals surface area contributed by atoms with E-state index >= 15 is 0 Å². The third-order valence-electron chi connectivity index (χ3n) is 1.41. The van der Waals surface area contributed by atoms with Gasteiger partial charge in [0.2, 0.25) is 5.12 Å². The van der Waals surface area contributed by atoms with Crippen molar-refractivity contribution >= 4 is 16.9 Å². The van der Waals surface area contributed by atoms with Crippen molar-refractivity contribution in [1.82, 2.24) is 4.98 Å². The Labute approximate surface area is 70.0 Å². The molecule has 0 spiro atoms. The molecule has 0 unspecified atom stereocenters. The minimum absolute atomic E-state index is 0.0793. The highest BCUT2D eigenvalue weighted by atomic mass is 32.2. The summed E-state index contributed by atoms with van der Waals surface area (Å²) < 4.78 is 0. The first-order valence-corrected chi connectivity index (χ1v) is 4.48. The van der Waals surface area contributed by atoms with E-state index in [2.05, 4.69) is 4.98 Å². The van der Waals surface area contributed by atoms with E-state index < -0.39 is 0 Å². The highest BCUT2D eigenvalue weighted by Crippen LogP contribution is 2.11. The second-order valence-electron chi connectivity index (χ2n) is 2.13. The fourth-order valence-corrected chi connectivity index (χ4v) is 1.25. The number of rotatable bonds is 1. The van der Waals surface area contributed by atoms with Gasteiger partial charge in [-0.15, -0.1) is 0 Å². The lowest BCUT2D eigenvalue weighted by Gasteiger charge is -1.98. The Morgan fingerprint density at radius 3 is 2.91 bits per heavy atom. The van der Waals surface area contributed by atoms with Crippen LogP contribution in [0.1, 0.15) is 16.1 Å². The standard InChI is InChI=1S/C8H9NOS/c1-6-7(8(10)11-2)4-3-5-9-6/h3-5H,1-2H3. The van der Waals surface area contributed by atoms with Gasteiger partial charge in [0.05, 0.1) is 0 Å². The minimum atomic E-state index is 0.0793. The molecule has 0 aliphatic carbocycles. The molecular weight excluding hydrogens is 158 g/mol. The van der Waals surface area contributed by atoms with E-state index in [0.29, 0.717) is 5.56 Å². The molecule has 0 bridgehead atoms. The number of carbonyl (C=O) groups is 1. The lowest BCUT2D eigenvalue weighted by atomic mass is 10.2. The molecule has 0 fully saturated rings. The zero-order valence-corrected chi connectivity index (χ0v) is 7.31. The van der Waals surface area contributed by atoms with Crippen molar-refractivity contribution in [3.05, 3.63) is 29.6 Å². The maximum Gasteiger partial charge on any atom is 0.220 e. The van der Waals surface area contributed by atoms with Crippen LogP contribution < -0.4 is 0 Å². The van der Waals surface area contributed by atoms with E-state index in [0.717, 1.165) is 5.69 Å². The number of hydrogen-bond donors (Lipinski definition) is 0. The van der Waals surface area contributed by atoms with E-state index in [4.69, 9.17) is 0 Å². The van der Waals surface area contributed by atoms with Gasteiger partial charge in [0, 0.05) is 17.5 Å². The van der Waals surface area contributed by atoms with Crippen molar-refractivity contribution < 1.29 is 4.79 Å². The molecule has 2 nitrogen and oxygen atoms in total. The third kappa shape index (κ3) is 1.80. The maximum absolute atomic E-state index is 11.2. The second-order valence-corrected chi connectivity index (χ2v) is 2.91. The Morgan fingerprint density at radius 1 is 1.64 bits per heavy atom. The molecule has 0 amide bonds. The lowest BCUT2D eigenvalue weighted by molar-refractivity contribution is 0.108. The van der Waals surface area contributed by atoms with Gasteiger partial charge in [-0.05, 0) is 25.3 Å². The van der Waals surface area contributed by atoms with Gasteiger partial charge < -0.3 is 0 Å². The maximum atomic E-state index is 11.2. The summed E-state index contributed by atoms with van der Waals surface area (Å²) in [6.45, 7) is 1.84. The van der Waals surface area contributed by atoms with Gasteiger partial charge in [0.25, 0.3) is 0 Å². The van der Waals surface area contributed by atoms with Crippen molar-refractivity contribution in [1.29, 1.82) is 0 Å². The summed E-state index contributed by atoms with van der Waals surface area (Å²) in [4.78, 5) is 15.2. The van der Waals surface area contributed by atoms with Crippen LogP contribution in [-0.2, 0) is 0 Å². The third-order valence-corrected chi connectivity index (χ3v) is 2.00. The Kier molecular flexibility index (Phi) is 2.65.